The van der Waals surface area contributed by atoms with E-state index in [9.17, 15) is 9.59 Å². The van der Waals surface area contributed by atoms with Gasteiger partial charge in [0.25, 0.3) is 0 Å². The average molecular weight is 264 g/mol. The van der Waals surface area contributed by atoms with E-state index in [0.29, 0.717) is 13.0 Å². The summed E-state index contributed by atoms with van der Waals surface area (Å²) in [6.45, 7) is 4.36. The van der Waals surface area contributed by atoms with E-state index in [0.717, 1.165) is 12.2 Å². The van der Waals surface area contributed by atoms with Gasteiger partial charge >= 0.3 is 0 Å². The number of carbonyl (C=O) groups is 2. The summed E-state index contributed by atoms with van der Waals surface area (Å²) in [7, 11) is 0. The fraction of sp³-hybridized carbons (Fsp3) is 0.571. The summed E-state index contributed by atoms with van der Waals surface area (Å²) in [6.07, 6.45) is 3.11. The van der Waals surface area contributed by atoms with Gasteiger partial charge in [0.1, 0.15) is 5.76 Å². The van der Waals surface area contributed by atoms with Crippen molar-refractivity contribution in [3.05, 3.63) is 24.2 Å². The minimum atomic E-state index is -0.181. The summed E-state index contributed by atoms with van der Waals surface area (Å²) in [6, 6.07) is 3.75. The minimum Gasteiger partial charge on any atom is -0.467 e. The zero-order valence-electron chi connectivity index (χ0n) is 11.3. The lowest BCUT2D eigenvalue weighted by Crippen LogP contribution is -2.35. The van der Waals surface area contributed by atoms with Crippen molar-refractivity contribution in [1.82, 2.24) is 10.6 Å². The van der Waals surface area contributed by atoms with Gasteiger partial charge in [-0.3, -0.25) is 9.59 Å². The normalized spacial score (nSPS) is 22.6. The Hall–Kier alpha value is -1.78. The smallest absolute Gasteiger partial charge is 0.224 e. The van der Waals surface area contributed by atoms with Crippen molar-refractivity contribution in [3.8, 4) is 0 Å². The summed E-state index contributed by atoms with van der Waals surface area (Å²) in [5, 5.41) is 5.70. The lowest BCUT2D eigenvalue weighted by Gasteiger charge is -2.10. The highest BCUT2D eigenvalue weighted by Crippen LogP contribution is 2.38. The van der Waals surface area contributed by atoms with Crippen LogP contribution in [0.2, 0.25) is 0 Å². The van der Waals surface area contributed by atoms with Gasteiger partial charge in [0.05, 0.1) is 24.6 Å². The van der Waals surface area contributed by atoms with Crippen molar-refractivity contribution in [1.29, 1.82) is 0 Å². The van der Waals surface area contributed by atoms with Crippen LogP contribution in [-0.2, 0) is 16.1 Å². The monoisotopic (exact) mass is 264 g/mol. The summed E-state index contributed by atoms with van der Waals surface area (Å²) in [5.74, 6) is 0.299. The van der Waals surface area contributed by atoms with Crippen LogP contribution < -0.4 is 10.6 Å². The first-order chi connectivity index (χ1) is 9.11. The van der Waals surface area contributed by atoms with Gasteiger partial charge in [-0.05, 0) is 31.9 Å². The Balaban J connectivity index is 1.72. The predicted molar refractivity (Wildman–Crippen MR) is 70.0 cm³/mol. The average Bonchev–Trinajstić information content (AvgIpc) is 3.04. The highest BCUT2D eigenvalue weighted by Gasteiger charge is 2.48. The van der Waals surface area contributed by atoms with Crippen LogP contribution in [0.25, 0.3) is 0 Å². The fourth-order valence-electron chi connectivity index (χ4n) is 1.94. The van der Waals surface area contributed by atoms with Crippen LogP contribution in [0.3, 0.4) is 0 Å². The SMILES string of the molecule is CCC(C)NC(=O)C1CC1C(=O)NCc1ccco1. The van der Waals surface area contributed by atoms with Crippen LogP contribution in [0.5, 0.6) is 0 Å². The molecule has 1 heterocycles. The molecule has 1 aliphatic carbocycles. The summed E-state index contributed by atoms with van der Waals surface area (Å²) >= 11 is 0. The van der Waals surface area contributed by atoms with Crippen molar-refractivity contribution >= 4 is 11.8 Å². The van der Waals surface area contributed by atoms with Crippen LogP contribution in [-0.4, -0.2) is 17.9 Å². The topological polar surface area (TPSA) is 71.3 Å². The molecule has 5 nitrogen and oxygen atoms in total. The Morgan fingerprint density at radius 3 is 2.79 bits per heavy atom. The molecule has 104 valence electrons. The van der Waals surface area contributed by atoms with Crippen LogP contribution in [0, 0.1) is 11.8 Å². The zero-order chi connectivity index (χ0) is 13.8. The molecule has 0 bridgehead atoms. The third kappa shape index (κ3) is 3.59. The van der Waals surface area contributed by atoms with Gasteiger partial charge in [0.2, 0.25) is 11.8 Å². The number of carbonyl (C=O) groups excluding carboxylic acids is 2. The molecule has 19 heavy (non-hydrogen) atoms. The third-order valence-corrected chi connectivity index (χ3v) is 3.48. The Morgan fingerprint density at radius 2 is 2.16 bits per heavy atom. The van der Waals surface area contributed by atoms with E-state index in [1.165, 1.54) is 0 Å². The van der Waals surface area contributed by atoms with Gasteiger partial charge < -0.3 is 15.1 Å². The number of amides is 2. The molecular weight excluding hydrogens is 244 g/mol. The molecule has 2 N–H and O–H groups in total. The lowest BCUT2D eigenvalue weighted by molar-refractivity contribution is -0.127. The van der Waals surface area contributed by atoms with E-state index in [1.807, 2.05) is 13.8 Å². The summed E-state index contributed by atoms with van der Waals surface area (Å²) in [5.41, 5.74) is 0. The van der Waals surface area contributed by atoms with Crippen LogP contribution in [0.4, 0.5) is 0 Å². The van der Waals surface area contributed by atoms with E-state index in [4.69, 9.17) is 4.42 Å². The molecule has 0 radical (unpaired) electrons. The van der Waals surface area contributed by atoms with Crippen molar-refractivity contribution in [2.45, 2.75) is 39.3 Å². The van der Waals surface area contributed by atoms with E-state index < -0.39 is 0 Å². The number of hydrogen-bond acceptors (Lipinski definition) is 3. The molecule has 1 aromatic heterocycles. The molecule has 0 aromatic carbocycles. The fourth-order valence-corrected chi connectivity index (χ4v) is 1.94. The van der Waals surface area contributed by atoms with E-state index >= 15 is 0 Å². The second-order valence-electron chi connectivity index (χ2n) is 5.06. The molecular formula is C14H20N2O3. The number of furan rings is 1. The minimum absolute atomic E-state index is 0.00695. The molecule has 0 spiro atoms. The first-order valence-corrected chi connectivity index (χ1v) is 6.72. The molecule has 0 aliphatic heterocycles. The van der Waals surface area contributed by atoms with Crippen molar-refractivity contribution in [3.63, 3.8) is 0 Å². The number of nitrogens with one attached hydrogen (secondary N) is 2. The molecule has 1 fully saturated rings. The third-order valence-electron chi connectivity index (χ3n) is 3.48. The number of rotatable bonds is 6. The first-order valence-electron chi connectivity index (χ1n) is 6.72. The molecule has 5 heteroatoms. The first kappa shape index (κ1) is 13.6. The molecule has 1 aliphatic rings. The molecule has 3 unspecified atom stereocenters. The molecule has 1 aromatic rings. The molecule has 3 atom stereocenters. The van der Waals surface area contributed by atoms with Gasteiger partial charge in [0.15, 0.2) is 0 Å². The van der Waals surface area contributed by atoms with E-state index in [2.05, 4.69) is 10.6 Å². The molecule has 1 saturated carbocycles. The predicted octanol–water partition coefficient (Wildman–Crippen LogP) is 1.45. The maximum atomic E-state index is 11.8. The molecule has 0 saturated heterocycles. The van der Waals surface area contributed by atoms with Gasteiger partial charge in [0, 0.05) is 6.04 Å². The lowest BCUT2D eigenvalue weighted by atomic mass is 10.2. The highest BCUT2D eigenvalue weighted by atomic mass is 16.3. The van der Waals surface area contributed by atoms with Crippen molar-refractivity contribution in [2.24, 2.45) is 11.8 Å². The van der Waals surface area contributed by atoms with Gasteiger partial charge in [-0.2, -0.15) is 0 Å². The second kappa shape index (κ2) is 5.91. The Labute approximate surface area is 112 Å². The largest absolute Gasteiger partial charge is 0.467 e. The maximum absolute atomic E-state index is 11.8. The van der Waals surface area contributed by atoms with Crippen LogP contribution >= 0.6 is 0 Å². The van der Waals surface area contributed by atoms with Gasteiger partial charge in [-0.25, -0.2) is 0 Å². The second-order valence-corrected chi connectivity index (χ2v) is 5.06. The van der Waals surface area contributed by atoms with Crippen molar-refractivity contribution in [2.75, 3.05) is 0 Å². The molecule has 2 amide bonds. The zero-order valence-corrected chi connectivity index (χ0v) is 11.3. The Kier molecular flexibility index (Phi) is 4.24. The summed E-state index contributed by atoms with van der Waals surface area (Å²) in [4.78, 5) is 23.7. The van der Waals surface area contributed by atoms with Crippen LogP contribution in [0.15, 0.2) is 22.8 Å². The van der Waals surface area contributed by atoms with Crippen molar-refractivity contribution < 1.29 is 14.0 Å². The van der Waals surface area contributed by atoms with Gasteiger partial charge in [-0.1, -0.05) is 6.92 Å². The number of hydrogen-bond donors (Lipinski definition) is 2. The highest BCUT2D eigenvalue weighted by molar-refractivity contribution is 5.92. The Morgan fingerprint density at radius 1 is 1.42 bits per heavy atom. The maximum Gasteiger partial charge on any atom is 0.224 e. The quantitative estimate of drug-likeness (QED) is 0.817. The Bertz CT molecular complexity index is 442. The summed E-state index contributed by atoms with van der Waals surface area (Å²) < 4.78 is 5.13. The van der Waals surface area contributed by atoms with E-state index in [-0.39, 0.29) is 29.7 Å². The van der Waals surface area contributed by atoms with E-state index in [1.54, 1.807) is 18.4 Å². The van der Waals surface area contributed by atoms with Crippen LogP contribution in [0.1, 0.15) is 32.4 Å². The van der Waals surface area contributed by atoms with Gasteiger partial charge in [-0.15, -0.1) is 0 Å². The molecule has 2 rings (SSSR count). The standard InChI is InChI=1S/C14H20N2O3/c1-3-9(2)16-14(18)12-7-11(12)13(17)15-8-10-5-4-6-19-10/h4-6,9,11-12H,3,7-8H2,1-2H3,(H,15,17)(H,16,18).